The van der Waals surface area contributed by atoms with Crippen molar-refractivity contribution in [2.75, 3.05) is 6.54 Å². The third kappa shape index (κ3) is 3.83. The fraction of sp³-hybridized carbons (Fsp3) is 0.278. The first-order valence-corrected chi connectivity index (χ1v) is 9.07. The Morgan fingerprint density at radius 1 is 1.12 bits per heavy atom. The van der Waals surface area contributed by atoms with Gasteiger partial charge in [0.15, 0.2) is 0 Å². The molecule has 0 amide bonds. The lowest BCUT2D eigenvalue weighted by molar-refractivity contribution is 0.0697. The van der Waals surface area contributed by atoms with E-state index in [1.54, 1.807) is 37.3 Å². The summed E-state index contributed by atoms with van der Waals surface area (Å²) in [7, 11) is -3.61. The molecular weight excluding hydrogens is 326 g/mol. The molecule has 2 rings (SSSR count). The van der Waals surface area contributed by atoms with E-state index in [1.165, 1.54) is 16.4 Å². The molecule has 0 atom stereocenters. The number of carboxylic acids is 1. The van der Waals surface area contributed by atoms with Crippen molar-refractivity contribution in [3.8, 4) is 0 Å². The van der Waals surface area contributed by atoms with Gasteiger partial charge in [0.1, 0.15) is 0 Å². The molecule has 2 aromatic rings. The third-order valence-electron chi connectivity index (χ3n) is 4.02. The van der Waals surface area contributed by atoms with E-state index < -0.39 is 16.0 Å². The zero-order valence-electron chi connectivity index (χ0n) is 14.9. The van der Waals surface area contributed by atoms with Gasteiger partial charge in [-0.15, -0.1) is 0 Å². The van der Waals surface area contributed by atoms with Crippen molar-refractivity contribution in [1.29, 1.82) is 1.43 Å². The lowest BCUT2D eigenvalue weighted by atomic mass is 10.1. The highest BCUT2D eigenvalue weighted by atomic mass is 32.2. The maximum Gasteiger partial charge on any atom is 0.335 e. The molecule has 0 spiro atoms. The average Bonchev–Trinajstić information content (AvgIpc) is 2.61. The number of benzene rings is 2. The fourth-order valence-electron chi connectivity index (χ4n) is 2.34. The van der Waals surface area contributed by atoms with Crippen molar-refractivity contribution in [3.63, 3.8) is 0 Å². The van der Waals surface area contributed by atoms with E-state index in [9.17, 15) is 13.2 Å². The molecule has 1 N–H and O–H groups in total. The van der Waals surface area contributed by atoms with E-state index in [1.807, 2.05) is 13.8 Å². The monoisotopic (exact) mass is 349 g/mol. The fourth-order valence-corrected chi connectivity index (χ4v) is 3.86. The molecule has 6 heteroatoms. The van der Waals surface area contributed by atoms with Crippen LogP contribution in [0.25, 0.3) is 1.43 Å². The van der Waals surface area contributed by atoms with Crippen LogP contribution >= 0.6 is 0 Å². The zero-order valence-corrected chi connectivity index (χ0v) is 14.8. The molecule has 0 aromatic heterocycles. The molecule has 24 heavy (non-hydrogen) atoms. The second-order valence-electron chi connectivity index (χ2n) is 5.66. The van der Waals surface area contributed by atoms with Crippen molar-refractivity contribution < 1.29 is 18.3 Å². The van der Waals surface area contributed by atoms with E-state index in [-0.39, 0.29) is 17.0 Å². The number of aryl methyl sites for hydroxylation is 2. The smallest absolute Gasteiger partial charge is 0.335 e. The number of nitrogens with zero attached hydrogens (tertiary/aromatic N) is 1. The summed E-state index contributed by atoms with van der Waals surface area (Å²) in [6, 6.07) is 11.5. The molecule has 0 saturated carbocycles. The van der Waals surface area contributed by atoms with Crippen molar-refractivity contribution in [2.45, 2.75) is 32.2 Å². The predicted molar refractivity (Wildman–Crippen MR) is 92.6 cm³/mol. The Hall–Kier alpha value is -2.18. The standard InChI is InChI=1S/C18H21NO4S/c1-4-19(12-15-6-8-16(9-7-15)18(20)21)24(22,23)17-10-5-13(2)14(3)11-17/h5-11H,4,12H2,1-3H3,(H,20,21)/i/hT. The Bertz CT molecular complexity index is 863. The van der Waals surface area contributed by atoms with Gasteiger partial charge in [0.05, 0.1) is 10.5 Å². The summed E-state index contributed by atoms with van der Waals surface area (Å²) >= 11 is 0. The van der Waals surface area contributed by atoms with Crippen LogP contribution in [0.1, 0.15) is 34.0 Å². The Balaban J connectivity index is 2.26. The second-order valence-corrected chi connectivity index (χ2v) is 7.60. The van der Waals surface area contributed by atoms with Crippen molar-refractivity contribution in [3.05, 3.63) is 64.7 Å². The minimum absolute atomic E-state index is 0.196. The zero-order chi connectivity index (χ0) is 18.6. The minimum atomic E-state index is -3.61. The van der Waals surface area contributed by atoms with Gasteiger partial charge in [-0.3, -0.25) is 0 Å². The van der Waals surface area contributed by atoms with E-state index in [0.29, 0.717) is 6.54 Å². The van der Waals surface area contributed by atoms with Crippen LogP contribution in [-0.2, 0) is 16.6 Å². The van der Waals surface area contributed by atoms with Crippen LogP contribution in [0.5, 0.6) is 0 Å². The van der Waals surface area contributed by atoms with Crippen LogP contribution in [0.3, 0.4) is 0 Å². The summed E-state index contributed by atoms with van der Waals surface area (Å²) in [5.74, 6) is -0.748. The summed E-state index contributed by atoms with van der Waals surface area (Å²) < 4.78 is 33.8. The molecule has 5 nitrogen and oxygen atoms in total. The Morgan fingerprint density at radius 3 is 2.33 bits per heavy atom. The number of aromatic carboxylic acids is 1. The van der Waals surface area contributed by atoms with Crippen LogP contribution in [0.15, 0.2) is 47.4 Å². The second kappa shape index (κ2) is 7.15. The van der Waals surface area contributed by atoms with Gasteiger partial charge in [0, 0.05) is 13.1 Å². The number of rotatable bonds is 6. The largest absolute Gasteiger partial charge is 0.478 e. The Kier molecular flexibility index (Phi) is 4.97. The maximum absolute atomic E-state index is 12.9. The van der Waals surface area contributed by atoms with Gasteiger partial charge in [-0.05, 0) is 54.8 Å². The summed E-state index contributed by atoms with van der Waals surface area (Å²) in [6.07, 6.45) is 0. The minimum Gasteiger partial charge on any atom is -0.478 e. The topological polar surface area (TPSA) is 74.7 Å². The first-order chi connectivity index (χ1) is 11.8. The highest BCUT2D eigenvalue weighted by Crippen LogP contribution is 2.21. The van der Waals surface area contributed by atoms with Gasteiger partial charge in [0.25, 0.3) is 1.43 Å². The number of carboxylic acid groups (broad SMARTS) is 1. The first-order valence-electron chi connectivity index (χ1n) is 8.04. The van der Waals surface area contributed by atoms with Gasteiger partial charge in [-0.2, -0.15) is 4.31 Å². The molecular formula is C18H21NO4S. The van der Waals surface area contributed by atoms with Gasteiger partial charge in [-0.25, -0.2) is 13.2 Å². The number of carbonyl (C=O) groups is 1. The van der Waals surface area contributed by atoms with Crippen LogP contribution in [-0.4, -0.2) is 30.3 Å². The Labute approximate surface area is 144 Å². The SMILES string of the molecule is [3H]OC(=O)c1ccc(CN(CC)S(=O)(=O)c2ccc(C)c(C)c2)cc1. The molecule has 0 aliphatic carbocycles. The third-order valence-corrected chi connectivity index (χ3v) is 5.93. The maximum atomic E-state index is 12.9. The lowest BCUT2D eigenvalue weighted by Gasteiger charge is -2.21. The molecule has 0 heterocycles. The predicted octanol–water partition coefficient (Wildman–Crippen LogP) is 3.21. The summed E-state index contributed by atoms with van der Waals surface area (Å²) in [6.45, 7) is 6.12. The van der Waals surface area contributed by atoms with Crippen molar-refractivity contribution >= 4 is 16.0 Å². The number of hydrogen-bond acceptors (Lipinski definition) is 4. The van der Waals surface area contributed by atoms with Gasteiger partial charge >= 0.3 is 5.97 Å². The summed E-state index contributed by atoms with van der Waals surface area (Å²) in [5, 5.41) is 3.92. The quantitative estimate of drug-likeness (QED) is 0.869. The van der Waals surface area contributed by atoms with Crippen LogP contribution in [0.4, 0.5) is 0 Å². The lowest BCUT2D eigenvalue weighted by Crippen LogP contribution is -2.30. The Morgan fingerprint density at radius 2 is 1.79 bits per heavy atom. The molecule has 0 aliphatic heterocycles. The first kappa shape index (κ1) is 16.7. The molecule has 0 aliphatic rings. The summed E-state index contributed by atoms with van der Waals surface area (Å²) in [5.41, 5.74) is 2.96. The normalized spacial score (nSPS) is 12.1. The molecule has 0 saturated heterocycles. The molecule has 0 radical (unpaired) electrons. The van der Waals surface area contributed by atoms with Gasteiger partial charge in [-0.1, -0.05) is 25.1 Å². The van der Waals surface area contributed by atoms with E-state index in [4.69, 9.17) is 1.43 Å². The molecule has 2 aromatic carbocycles. The van der Waals surface area contributed by atoms with E-state index >= 15 is 0 Å². The van der Waals surface area contributed by atoms with Gasteiger partial charge in [0.2, 0.25) is 10.0 Å². The highest BCUT2D eigenvalue weighted by Gasteiger charge is 2.23. The van der Waals surface area contributed by atoms with E-state index in [0.717, 1.165) is 16.7 Å². The van der Waals surface area contributed by atoms with E-state index in [2.05, 4.69) is 5.11 Å². The summed E-state index contributed by atoms with van der Waals surface area (Å²) in [4.78, 5) is 11.6. The molecule has 0 bridgehead atoms. The van der Waals surface area contributed by atoms with Crippen molar-refractivity contribution in [1.82, 2.24) is 4.31 Å². The average molecular weight is 349 g/mol. The highest BCUT2D eigenvalue weighted by molar-refractivity contribution is 7.89. The van der Waals surface area contributed by atoms with Crippen molar-refractivity contribution in [2.24, 2.45) is 0 Å². The van der Waals surface area contributed by atoms with Crippen LogP contribution < -0.4 is 0 Å². The molecule has 0 fully saturated rings. The van der Waals surface area contributed by atoms with Gasteiger partial charge < -0.3 is 5.11 Å². The van der Waals surface area contributed by atoms with Crippen LogP contribution in [0, 0.1) is 13.8 Å². The van der Waals surface area contributed by atoms with Crippen LogP contribution in [0.2, 0.25) is 0 Å². The number of sulfonamides is 1. The molecule has 128 valence electrons. The molecule has 0 unspecified atom stereocenters. The number of hydrogen-bond donors (Lipinski definition) is 1.